The van der Waals surface area contributed by atoms with E-state index in [1.165, 1.54) is 18.3 Å². The van der Waals surface area contributed by atoms with E-state index in [-0.39, 0.29) is 5.82 Å². The van der Waals surface area contributed by atoms with Gasteiger partial charge in [-0.05, 0) is 13.0 Å². The Labute approximate surface area is 71.3 Å². The van der Waals surface area contributed by atoms with Gasteiger partial charge >= 0.3 is 0 Å². The number of rotatable bonds is 2. The molecule has 1 heterocycles. The van der Waals surface area contributed by atoms with E-state index in [0.29, 0.717) is 16.8 Å². The van der Waals surface area contributed by atoms with Gasteiger partial charge in [0.25, 0.3) is 0 Å². The van der Waals surface area contributed by atoms with Crippen LogP contribution in [0.2, 0.25) is 0 Å². The quantitative estimate of drug-likeness (QED) is 0.653. The van der Waals surface area contributed by atoms with E-state index in [9.17, 15) is 4.39 Å². The first-order valence-electron chi connectivity index (χ1n) is 3.60. The van der Waals surface area contributed by atoms with Crippen LogP contribution in [0, 0.1) is 12.7 Å². The molecule has 1 nitrogen and oxygen atoms in total. The summed E-state index contributed by atoms with van der Waals surface area (Å²) >= 11 is 0. The van der Waals surface area contributed by atoms with E-state index in [2.05, 4.69) is 18.1 Å². The number of aryl methyl sites for hydroxylation is 1. The summed E-state index contributed by atoms with van der Waals surface area (Å²) in [5.74, 6) is -0.269. The van der Waals surface area contributed by atoms with Crippen LogP contribution in [0.25, 0.3) is 12.2 Å². The molecule has 1 rings (SSSR count). The van der Waals surface area contributed by atoms with E-state index in [0.717, 1.165) is 0 Å². The largest absolute Gasteiger partial charge is 0.256 e. The third-order valence-corrected chi connectivity index (χ3v) is 1.65. The highest BCUT2D eigenvalue weighted by Gasteiger charge is 2.06. The van der Waals surface area contributed by atoms with Crippen LogP contribution in [0.1, 0.15) is 16.8 Å². The molecule has 0 aromatic carbocycles. The predicted octanol–water partition coefficient (Wildman–Crippen LogP) is 2.82. The molecule has 0 radical (unpaired) electrons. The van der Waals surface area contributed by atoms with Crippen LogP contribution in [-0.2, 0) is 0 Å². The van der Waals surface area contributed by atoms with E-state index in [1.54, 1.807) is 6.92 Å². The first-order valence-corrected chi connectivity index (χ1v) is 3.60. The molecule has 62 valence electrons. The van der Waals surface area contributed by atoms with Gasteiger partial charge in [-0.15, -0.1) is 0 Å². The molecule has 0 aliphatic rings. The molecule has 0 amide bonds. The van der Waals surface area contributed by atoms with E-state index >= 15 is 0 Å². The van der Waals surface area contributed by atoms with Gasteiger partial charge in [0.15, 0.2) is 0 Å². The summed E-state index contributed by atoms with van der Waals surface area (Å²) in [6.07, 6.45) is 4.45. The topological polar surface area (TPSA) is 12.9 Å². The fourth-order valence-electron chi connectivity index (χ4n) is 0.974. The summed E-state index contributed by atoms with van der Waals surface area (Å²) in [5.41, 5.74) is 1.48. The molecular weight excluding hydrogens is 153 g/mol. The summed E-state index contributed by atoms with van der Waals surface area (Å²) in [4.78, 5) is 4.00. The van der Waals surface area contributed by atoms with Crippen LogP contribution in [0.15, 0.2) is 19.4 Å². The highest BCUT2D eigenvalue weighted by atomic mass is 19.1. The van der Waals surface area contributed by atoms with Crippen molar-refractivity contribution < 1.29 is 4.39 Å². The molecule has 0 aliphatic carbocycles. The van der Waals surface area contributed by atoms with Gasteiger partial charge in [0, 0.05) is 17.3 Å². The van der Waals surface area contributed by atoms with Crippen molar-refractivity contribution in [1.82, 2.24) is 4.98 Å². The number of hydrogen-bond acceptors (Lipinski definition) is 1. The Hall–Kier alpha value is -1.44. The van der Waals surface area contributed by atoms with Gasteiger partial charge < -0.3 is 0 Å². The number of nitrogens with zero attached hydrogens (tertiary/aromatic N) is 1. The molecule has 2 heteroatoms. The maximum atomic E-state index is 13.3. The van der Waals surface area contributed by atoms with Crippen LogP contribution in [-0.4, -0.2) is 4.98 Å². The van der Waals surface area contributed by atoms with E-state index < -0.39 is 0 Å². The molecule has 0 bridgehead atoms. The molecule has 1 aromatic heterocycles. The third-order valence-electron chi connectivity index (χ3n) is 1.65. The van der Waals surface area contributed by atoms with Gasteiger partial charge in [-0.2, -0.15) is 0 Å². The number of hydrogen-bond donors (Lipinski definition) is 0. The van der Waals surface area contributed by atoms with Crippen LogP contribution in [0.3, 0.4) is 0 Å². The van der Waals surface area contributed by atoms with Crippen molar-refractivity contribution in [3.63, 3.8) is 0 Å². The summed E-state index contributed by atoms with van der Waals surface area (Å²) in [6, 6.07) is 0. The molecule has 0 atom stereocenters. The minimum Gasteiger partial charge on any atom is -0.256 e. The molecule has 1 aromatic rings. The van der Waals surface area contributed by atoms with Gasteiger partial charge in [-0.3, -0.25) is 4.98 Å². The second-order valence-electron chi connectivity index (χ2n) is 2.46. The number of pyridine rings is 1. The van der Waals surface area contributed by atoms with Crippen molar-refractivity contribution in [2.75, 3.05) is 0 Å². The summed E-state index contributed by atoms with van der Waals surface area (Å²) in [6.45, 7) is 8.72. The predicted molar refractivity (Wildman–Crippen MR) is 49.1 cm³/mol. The first-order chi connectivity index (χ1) is 5.70. The van der Waals surface area contributed by atoms with E-state index in [1.807, 2.05) is 0 Å². The molecule has 0 fully saturated rings. The van der Waals surface area contributed by atoms with Crippen molar-refractivity contribution in [2.24, 2.45) is 0 Å². The monoisotopic (exact) mass is 163 g/mol. The Morgan fingerprint density at radius 2 is 2.08 bits per heavy atom. The Kier molecular flexibility index (Phi) is 2.38. The molecular formula is C10H10FN. The Morgan fingerprint density at radius 3 is 2.58 bits per heavy atom. The zero-order valence-electron chi connectivity index (χ0n) is 6.97. The molecule has 0 saturated heterocycles. The summed E-state index contributed by atoms with van der Waals surface area (Å²) < 4.78 is 13.3. The molecule has 0 saturated carbocycles. The van der Waals surface area contributed by atoms with Crippen molar-refractivity contribution in [1.29, 1.82) is 0 Å². The van der Waals surface area contributed by atoms with Crippen LogP contribution in [0.5, 0.6) is 0 Å². The van der Waals surface area contributed by atoms with Crippen molar-refractivity contribution in [2.45, 2.75) is 6.92 Å². The summed E-state index contributed by atoms with van der Waals surface area (Å²) in [5, 5.41) is 0. The van der Waals surface area contributed by atoms with Gasteiger partial charge in [-0.1, -0.05) is 19.2 Å². The van der Waals surface area contributed by atoms with Gasteiger partial charge in [0.2, 0.25) is 0 Å². The average molecular weight is 163 g/mol. The molecule has 0 aliphatic heterocycles. The Balaban J connectivity index is 3.45. The molecule has 0 unspecified atom stereocenters. The van der Waals surface area contributed by atoms with Crippen molar-refractivity contribution in [3.05, 3.63) is 42.0 Å². The first kappa shape index (κ1) is 8.65. The zero-order valence-corrected chi connectivity index (χ0v) is 6.97. The van der Waals surface area contributed by atoms with Gasteiger partial charge in [0.05, 0.1) is 5.69 Å². The molecule has 0 N–H and O–H groups in total. The second-order valence-corrected chi connectivity index (χ2v) is 2.46. The van der Waals surface area contributed by atoms with Crippen molar-refractivity contribution >= 4 is 12.2 Å². The minimum atomic E-state index is -0.269. The molecule has 0 spiro atoms. The highest BCUT2D eigenvalue weighted by molar-refractivity contribution is 5.61. The Morgan fingerprint density at radius 1 is 1.42 bits per heavy atom. The maximum absolute atomic E-state index is 13.3. The third kappa shape index (κ3) is 1.28. The van der Waals surface area contributed by atoms with Gasteiger partial charge in [-0.25, -0.2) is 4.39 Å². The second kappa shape index (κ2) is 3.30. The van der Waals surface area contributed by atoms with Gasteiger partial charge in [0.1, 0.15) is 5.82 Å². The number of aromatic nitrogens is 1. The van der Waals surface area contributed by atoms with Crippen LogP contribution < -0.4 is 0 Å². The number of halogens is 1. The fraction of sp³-hybridized carbons (Fsp3) is 0.100. The molecule has 12 heavy (non-hydrogen) atoms. The van der Waals surface area contributed by atoms with Crippen LogP contribution >= 0.6 is 0 Å². The van der Waals surface area contributed by atoms with E-state index in [4.69, 9.17) is 0 Å². The lowest BCUT2D eigenvalue weighted by Gasteiger charge is -2.03. The lowest BCUT2D eigenvalue weighted by atomic mass is 10.1. The van der Waals surface area contributed by atoms with Crippen LogP contribution in [0.4, 0.5) is 4.39 Å². The maximum Gasteiger partial charge on any atom is 0.137 e. The minimum absolute atomic E-state index is 0.269. The highest BCUT2D eigenvalue weighted by Crippen LogP contribution is 2.16. The Bertz CT molecular complexity index is 329. The smallest absolute Gasteiger partial charge is 0.137 e. The fourth-order valence-corrected chi connectivity index (χ4v) is 0.974. The zero-order chi connectivity index (χ0) is 9.14. The lowest BCUT2D eigenvalue weighted by molar-refractivity contribution is 0.612. The lowest BCUT2D eigenvalue weighted by Crippen LogP contribution is -1.94. The van der Waals surface area contributed by atoms with Crippen molar-refractivity contribution in [3.8, 4) is 0 Å². The average Bonchev–Trinajstić information content (AvgIpc) is 2.09. The normalized spacial score (nSPS) is 9.50. The SMILES string of the molecule is C=Cc1ncc(C)c(F)c1C=C. The summed E-state index contributed by atoms with van der Waals surface area (Å²) in [7, 11) is 0. The standard InChI is InChI=1S/C10H10FN/c1-4-8-9(5-2)12-6-7(3)10(8)11/h4-6H,1-2H2,3H3.